The Morgan fingerprint density at radius 2 is 1.85 bits per heavy atom. The summed E-state index contributed by atoms with van der Waals surface area (Å²) in [7, 11) is 3.48. The molecule has 0 saturated heterocycles. The molecule has 1 aromatic heterocycles. The molecule has 2 rings (SSSR count). The molecular formula is C14H15Br2N3O. The Hall–Kier alpha value is -1.14. The minimum atomic E-state index is -0.367. The van der Waals surface area contributed by atoms with Crippen LogP contribution in [-0.4, -0.2) is 34.7 Å². The zero-order valence-corrected chi connectivity index (χ0v) is 14.6. The number of benzene rings is 1. The zero-order valence-electron chi connectivity index (χ0n) is 11.5. The summed E-state index contributed by atoms with van der Waals surface area (Å²) in [6.07, 6.45) is 0. The first-order chi connectivity index (χ1) is 9.43. The van der Waals surface area contributed by atoms with Crippen molar-refractivity contribution in [2.45, 2.75) is 13.0 Å². The number of carbonyl (C=O) groups is 1. The number of halogens is 2. The summed E-state index contributed by atoms with van der Waals surface area (Å²) in [5, 5.41) is 4.56. The van der Waals surface area contributed by atoms with E-state index in [-0.39, 0.29) is 11.9 Å². The van der Waals surface area contributed by atoms with Gasteiger partial charge in [-0.1, -0.05) is 30.3 Å². The van der Waals surface area contributed by atoms with Gasteiger partial charge in [0.25, 0.3) is 0 Å². The van der Waals surface area contributed by atoms with Crippen molar-refractivity contribution in [2.75, 3.05) is 14.1 Å². The van der Waals surface area contributed by atoms with E-state index >= 15 is 0 Å². The standard InChI is InChI=1S/C14H15Br2N3O/c1-9(14(20)18(2)3)19-13(16)11(15)12(17-19)10-7-5-4-6-8-10/h4-9H,1-3H3. The van der Waals surface area contributed by atoms with Crippen molar-refractivity contribution >= 4 is 37.8 Å². The lowest BCUT2D eigenvalue weighted by Crippen LogP contribution is -2.30. The second-order valence-electron chi connectivity index (χ2n) is 4.67. The molecule has 2 aromatic rings. The predicted octanol–water partition coefficient (Wildman–Crippen LogP) is 3.72. The first kappa shape index (κ1) is 15.3. The average molecular weight is 401 g/mol. The smallest absolute Gasteiger partial charge is 0.246 e. The van der Waals surface area contributed by atoms with Gasteiger partial charge in [-0.3, -0.25) is 4.79 Å². The topological polar surface area (TPSA) is 38.1 Å². The van der Waals surface area contributed by atoms with Gasteiger partial charge in [-0.05, 0) is 38.8 Å². The quantitative estimate of drug-likeness (QED) is 0.787. The van der Waals surface area contributed by atoms with E-state index < -0.39 is 0 Å². The monoisotopic (exact) mass is 399 g/mol. The van der Waals surface area contributed by atoms with Crippen LogP contribution in [-0.2, 0) is 4.79 Å². The average Bonchev–Trinajstić information content (AvgIpc) is 2.75. The fraction of sp³-hybridized carbons (Fsp3) is 0.286. The van der Waals surface area contributed by atoms with E-state index in [0.29, 0.717) is 0 Å². The number of amides is 1. The molecule has 0 spiro atoms. The Bertz CT molecular complexity index is 623. The van der Waals surface area contributed by atoms with Crippen LogP contribution in [0, 0.1) is 0 Å². The number of aromatic nitrogens is 2. The lowest BCUT2D eigenvalue weighted by molar-refractivity contribution is -0.132. The lowest BCUT2D eigenvalue weighted by Gasteiger charge is -2.17. The fourth-order valence-electron chi connectivity index (χ4n) is 1.91. The molecule has 1 unspecified atom stereocenters. The number of carbonyl (C=O) groups excluding carboxylic acids is 1. The van der Waals surface area contributed by atoms with E-state index in [4.69, 9.17) is 0 Å². The van der Waals surface area contributed by atoms with Gasteiger partial charge in [0.15, 0.2) is 0 Å². The Morgan fingerprint density at radius 3 is 2.40 bits per heavy atom. The third kappa shape index (κ3) is 2.81. The molecule has 1 heterocycles. The zero-order chi connectivity index (χ0) is 14.9. The molecule has 0 aliphatic heterocycles. The predicted molar refractivity (Wildman–Crippen MR) is 86.5 cm³/mol. The molecule has 1 atom stereocenters. The number of hydrogen-bond donors (Lipinski definition) is 0. The first-order valence-corrected chi connectivity index (χ1v) is 7.72. The van der Waals surface area contributed by atoms with Gasteiger partial charge in [-0.25, -0.2) is 4.68 Å². The number of hydrogen-bond acceptors (Lipinski definition) is 2. The van der Waals surface area contributed by atoms with Gasteiger partial charge in [0.1, 0.15) is 16.3 Å². The molecule has 106 valence electrons. The maximum Gasteiger partial charge on any atom is 0.246 e. The summed E-state index contributed by atoms with van der Waals surface area (Å²) in [6, 6.07) is 9.49. The molecule has 6 heteroatoms. The minimum absolute atomic E-state index is 0.000289. The molecular weight excluding hydrogens is 386 g/mol. The van der Waals surface area contributed by atoms with Crippen LogP contribution in [0.2, 0.25) is 0 Å². The highest BCUT2D eigenvalue weighted by Crippen LogP contribution is 2.35. The van der Waals surface area contributed by atoms with Crippen molar-refractivity contribution in [1.29, 1.82) is 0 Å². The van der Waals surface area contributed by atoms with E-state index in [1.54, 1.807) is 23.7 Å². The molecule has 0 fully saturated rings. The molecule has 20 heavy (non-hydrogen) atoms. The minimum Gasteiger partial charge on any atom is -0.347 e. The lowest BCUT2D eigenvalue weighted by atomic mass is 10.2. The molecule has 4 nitrogen and oxygen atoms in total. The summed E-state index contributed by atoms with van der Waals surface area (Å²) in [6.45, 7) is 1.83. The van der Waals surface area contributed by atoms with Crippen molar-refractivity contribution in [1.82, 2.24) is 14.7 Å². The normalized spacial score (nSPS) is 12.2. The van der Waals surface area contributed by atoms with Gasteiger partial charge in [0.05, 0.1) is 4.47 Å². The largest absolute Gasteiger partial charge is 0.347 e. The van der Waals surface area contributed by atoms with Gasteiger partial charge >= 0.3 is 0 Å². The maximum absolute atomic E-state index is 12.1. The van der Waals surface area contributed by atoms with E-state index in [1.165, 1.54) is 0 Å². The Kier molecular flexibility index (Phi) is 4.65. The summed E-state index contributed by atoms with van der Waals surface area (Å²) < 4.78 is 3.30. The van der Waals surface area contributed by atoms with E-state index in [1.807, 2.05) is 37.3 Å². The SMILES string of the molecule is CC(C(=O)N(C)C)n1nc(-c2ccccc2)c(Br)c1Br. The van der Waals surface area contributed by atoms with Crippen LogP contribution >= 0.6 is 31.9 Å². The van der Waals surface area contributed by atoms with E-state index in [9.17, 15) is 4.79 Å². The van der Waals surface area contributed by atoms with Crippen LogP contribution in [0.5, 0.6) is 0 Å². The summed E-state index contributed by atoms with van der Waals surface area (Å²) >= 11 is 7.04. The van der Waals surface area contributed by atoms with Crippen LogP contribution in [0.15, 0.2) is 39.4 Å². The van der Waals surface area contributed by atoms with Gasteiger partial charge in [-0.2, -0.15) is 5.10 Å². The maximum atomic E-state index is 12.1. The highest BCUT2D eigenvalue weighted by molar-refractivity contribution is 9.13. The third-order valence-electron chi connectivity index (χ3n) is 3.01. The van der Waals surface area contributed by atoms with Crippen molar-refractivity contribution in [3.05, 3.63) is 39.4 Å². The van der Waals surface area contributed by atoms with Crippen LogP contribution in [0.3, 0.4) is 0 Å². The fourth-order valence-corrected chi connectivity index (χ4v) is 2.97. The van der Waals surface area contributed by atoms with Gasteiger partial charge in [-0.15, -0.1) is 0 Å². The number of rotatable bonds is 3. The summed E-state index contributed by atoms with van der Waals surface area (Å²) in [4.78, 5) is 13.6. The number of nitrogens with zero attached hydrogens (tertiary/aromatic N) is 3. The van der Waals surface area contributed by atoms with Crippen molar-refractivity contribution in [3.63, 3.8) is 0 Å². The van der Waals surface area contributed by atoms with Gasteiger partial charge in [0, 0.05) is 19.7 Å². The van der Waals surface area contributed by atoms with Crippen molar-refractivity contribution in [3.8, 4) is 11.3 Å². The van der Waals surface area contributed by atoms with Crippen molar-refractivity contribution in [2.24, 2.45) is 0 Å². The molecule has 0 aliphatic carbocycles. The molecule has 0 bridgehead atoms. The highest BCUT2D eigenvalue weighted by atomic mass is 79.9. The summed E-state index contributed by atoms with van der Waals surface area (Å²) in [5.74, 6) is 0.000289. The Morgan fingerprint density at radius 1 is 1.25 bits per heavy atom. The van der Waals surface area contributed by atoms with Gasteiger partial charge in [0.2, 0.25) is 5.91 Å². The summed E-state index contributed by atoms with van der Waals surface area (Å²) in [5.41, 5.74) is 1.82. The molecule has 0 aliphatic rings. The highest BCUT2D eigenvalue weighted by Gasteiger charge is 2.24. The van der Waals surface area contributed by atoms with Crippen molar-refractivity contribution < 1.29 is 4.79 Å². The van der Waals surface area contributed by atoms with Gasteiger partial charge < -0.3 is 4.90 Å². The second-order valence-corrected chi connectivity index (χ2v) is 6.22. The van der Waals surface area contributed by atoms with Crippen LogP contribution in [0.25, 0.3) is 11.3 Å². The van der Waals surface area contributed by atoms with Crippen LogP contribution in [0.4, 0.5) is 0 Å². The van der Waals surface area contributed by atoms with Crippen LogP contribution < -0.4 is 0 Å². The molecule has 1 aromatic carbocycles. The number of likely N-dealkylation sites (N-methyl/N-ethyl adjacent to an activating group) is 1. The molecule has 0 N–H and O–H groups in total. The molecule has 0 saturated carbocycles. The van der Waals surface area contributed by atoms with E-state index in [0.717, 1.165) is 20.3 Å². The first-order valence-electron chi connectivity index (χ1n) is 6.13. The Labute approximate surface area is 135 Å². The third-order valence-corrected chi connectivity index (χ3v) is 5.05. The Balaban J connectivity index is 2.46. The van der Waals surface area contributed by atoms with Crippen LogP contribution in [0.1, 0.15) is 13.0 Å². The molecule has 1 amide bonds. The second kappa shape index (κ2) is 6.10. The van der Waals surface area contributed by atoms with E-state index in [2.05, 4.69) is 37.0 Å². The molecule has 0 radical (unpaired) electrons.